The van der Waals surface area contributed by atoms with Gasteiger partial charge in [0.2, 0.25) is 0 Å². The topological polar surface area (TPSA) is 41.7 Å². The predicted molar refractivity (Wildman–Crippen MR) is 111 cm³/mol. The van der Waals surface area contributed by atoms with Crippen molar-refractivity contribution in [2.24, 2.45) is 5.73 Å². The van der Waals surface area contributed by atoms with Crippen LogP contribution >= 0.6 is 0 Å². The third-order valence-corrected chi connectivity index (χ3v) is 2.81. The van der Waals surface area contributed by atoms with Crippen LogP contribution in [0.25, 0.3) is 0 Å². The molecule has 0 aliphatic carbocycles. The Hall–Kier alpha value is -0.160. The number of piperidine rings is 1. The summed E-state index contributed by atoms with van der Waals surface area (Å²) in [5, 5.41) is 0. The normalized spacial score (nSPS) is 17.2. The van der Waals surface area contributed by atoms with Gasteiger partial charge in [0.15, 0.2) is 0 Å². The molecule has 2 heterocycles. The second kappa shape index (κ2) is 26.7. The van der Waals surface area contributed by atoms with Crippen molar-refractivity contribution in [2.75, 3.05) is 53.5 Å². The largest absolute Gasteiger partial charge is 0.379 e. The quantitative estimate of drug-likeness (QED) is 0.714. The molecule has 0 aromatic heterocycles. The molecule has 0 aromatic rings. The van der Waals surface area contributed by atoms with Gasteiger partial charge in [0.25, 0.3) is 0 Å². The van der Waals surface area contributed by atoms with E-state index in [4.69, 9.17) is 10.5 Å². The third kappa shape index (κ3) is 34.3. The van der Waals surface area contributed by atoms with E-state index < -0.39 is 0 Å². The van der Waals surface area contributed by atoms with Gasteiger partial charge in [-0.05, 0) is 46.1 Å². The maximum atomic E-state index is 5.11. The minimum absolute atomic E-state index is 0. The Morgan fingerprint density at radius 2 is 1.04 bits per heavy atom. The van der Waals surface area contributed by atoms with Crippen molar-refractivity contribution in [1.29, 1.82) is 0 Å². The van der Waals surface area contributed by atoms with Gasteiger partial charge in [0.05, 0.1) is 13.2 Å². The fourth-order valence-electron chi connectivity index (χ4n) is 1.71. The summed E-state index contributed by atoms with van der Waals surface area (Å²) in [6.45, 7) is 14.5. The summed E-state index contributed by atoms with van der Waals surface area (Å²) in [7, 11) is 4.31. The molecule has 4 nitrogen and oxygen atoms in total. The van der Waals surface area contributed by atoms with E-state index in [2.05, 4.69) is 23.9 Å². The van der Waals surface area contributed by atoms with Crippen LogP contribution < -0.4 is 5.73 Å². The highest BCUT2D eigenvalue weighted by Gasteiger charge is 2.02. The van der Waals surface area contributed by atoms with Crippen LogP contribution in [0, 0.1) is 0 Å². The molecule has 0 radical (unpaired) electrons. The van der Waals surface area contributed by atoms with Crippen molar-refractivity contribution in [3.8, 4) is 0 Å². The zero-order chi connectivity index (χ0) is 15.8. The molecule has 23 heavy (non-hydrogen) atoms. The summed E-state index contributed by atoms with van der Waals surface area (Å²) in [4.78, 5) is 4.66. The molecule has 2 aliphatic rings. The Morgan fingerprint density at radius 3 is 1.22 bits per heavy atom. The summed E-state index contributed by atoms with van der Waals surface area (Å²) in [6.07, 6.45) is 4.28. The molecule has 148 valence electrons. The van der Waals surface area contributed by atoms with Crippen molar-refractivity contribution < 1.29 is 4.74 Å². The van der Waals surface area contributed by atoms with Crippen molar-refractivity contribution >= 4 is 0 Å². The number of ether oxygens (including phenoxy) is 1. The summed E-state index contributed by atoms with van der Waals surface area (Å²) >= 11 is 0. The molecule has 0 amide bonds. The number of likely N-dealkylation sites (N-methyl/N-ethyl adjacent to an activating group) is 1. The number of nitrogens with two attached hydrogens (primary N) is 1. The van der Waals surface area contributed by atoms with Crippen LogP contribution in [0.5, 0.6) is 0 Å². The highest BCUT2D eigenvalue weighted by atomic mass is 16.5. The molecule has 0 saturated carbocycles. The Labute approximate surface area is 149 Å². The number of morpholine rings is 1. The Balaban J connectivity index is -0.0000000648. The fraction of sp³-hybridized carbons (Fsp3) is 1.00. The lowest BCUT2D eigenvalue weighted by molar-refractivity contribution is 0.0503. The predicted octanol–water partition coefficient (Wildman–Crippen LogP) is 4.34. The number of hydrogen-bond donors (Lipinski definition) is 1. The van der Waals surface area contributed by atoms with E-state index in [1.807, 2.05) is 27.7 Å². The van der Waals surface area contributed by atoms with E-state index in [1.165, 1.54) is 32.4 Å². The molecule has 0 unspecified atom stereocenters. The number of rotatable bonds is 0. The van der Waals surface area contributed by atoms with Gasteiger partial charge in [0, 0.05) is 13.1 Å². The van der Waals surface area contributed by atoms with E-state index in [-0.39, 0.29) is 22.3 Å². The average Bonchev–Trinajstić information content (AvgIpc) is 2.43. The number of likely N-dealkylation sites (tertiary alicyclic amines) is 1. The molecule has 0 aromatic carbocycles. The summed E-state index contributed by atoms with van der Waals surface area (Å²) in [6, 6.07) is 0.333. The van der Waals surface area contributed by atoms with E-state index in [9.17, 15) is 0 Å². The van der Waals surface area contributed by atoms with Gasteiger partial charge >= 0.3 is 0 Å². The molecule has 0 bridgehead atoms. The number of hydrogen-bond acceptors (Lipinski definition) is 4. The highest BCUT2D eigenvalue weighted by molar-refractivity contribution is 4.58. The van der Waals surface area contributed by atoms with Gasteiger partial charge in [-0.15, -0.1) is 0 Å². The molecule has 2 saturated heterocycles. The third-order valence-electron chi connectivity index (χ3n) is 2.81. The summed E-state index contributed by atoms with van der Waals surface area (Å²) < 4.78 is 5.10. The van der Waals surface area contributed by atoms with Crippen LogP contribution in [0.4, 0.5) is 0 Å². The van der Waals surface area contributed by atoms with Gasteiger partial charge in [-0.2, -0.15) is 0 Å². The minimum atomic E-state index is 0. The molecule has 2 rings (SSSR count). The van der Waals surface area contributed by atoms with E-state index in [1.54, 1.807) is 0 Å². The summed E-state index contributed by atoms with van der Waals surface area (Å²) in [5.41, 5.74) is 5.11. The van der Waals surface area contributed by atoms with Gasteiger partial charge in [-0.25, -0.2) is 0 Å². The van der Waals surface area contributed by atoms with Gasteiger partial charge in [-0.3, -0.25) is 0 Å². The maximum absolute atomic E-state index is 5.11. The first-order chi connectivity index (χ1) is 9.52. The van der Waals surface area contributed by atoms with Crippen molar-refractivity contribution in [2.45, 2.75) is 75.3 Å². The smallest absolute Gasteiger partial charge is 0.0594 e. The van der Waals surface area contributed by atoms with Gasteiger partial charge in [-0.1, -0.05) is 56.4 Å². The van der Waals surface area contributed by atoms with E-state index in [0.29, 0.717) is 6.04 Å². The lowest BCUT2D eigenvalue weighted by Crippen LogP contribution is -2.32. The molecule has 0 spiro atoms. The second-order valence-corrected chi connectivity index (χ2v) is 5.52. The van der Waals surface area contributed by atoms with Crippen LogP contribution in [-0.2, 0) is 4.74 Å². The fourth-order valence-corrected chi connectivity index (χ4v) is 1.71. The van der Waals surface area contributed by atoms with E-state index >= 15 is 0 Å². The van der Waals surface area contributed by atoms with E-state index in [0.717, 1.165) is 26.3 Å². The number of nitrogens with zero attached hydrogens (tertiary/aromatic N) is 2. The molecule has 2 fully saturated rings. The molecular weight excluding hydrogens is 286 g/mol. The van der Waals surface area contributed by atoms with Crippen LogP contribution in [0.2, 0.25) is 0 Å². The zero-order valence-corrected chi connectivity index (χ0v) is 14.8. The van der Waals surface area contributed by atoms with Crippen LogP contribution in [-0.4, -0.2) is 69.3 Å². The Bertz CT molecular complexity index is 147. The van der Waals surface area contributed by atoms with Crippen molar-refractivity contribution in [1.82, 2.24) is 9.80 Å². The zero-order valence-electron chi connectivity index (χ0n) is 14.8. The minimum Gasteiger partial charge on any atom is -0.379 e. The monoisotopic (exact) mass is 337 g/mol. The molecular formula is C19H51N3O. The van der Waals surface area contributed by atoms with Crippen LogP contribution in [0.15, 0.2) is 0 Å². The van der Waals surface area contributed by atoms with Gasteiger partial charge in [0.1, 0.15) is 0 Å². The highest BCUT2D eigenvalue weighted by Crippen LogP contribution is 2.04. The van der Waals surface area contributed by atoms with Crippen molar-refractivity contribution in [3.63, 3.8) is 0 Å². The average molecular weight is 338 g/mol. The van der Waals surface area contributed by atoms with Gasteiger partial charge < -0.3 is 20.3 Å². The second-order valence-electron chi connectivity index (χ2n) is 5.52. The first-order valence-electron chi connectivity index (χ1n) is 8.22. The van der Waals surface area contributed by atoms with Crippen LogP contribution in [0.3, 0.4) is 0 Å². The first-order valence-corrected chi connectivity index (χ1v) is 8.22. The summed E-state index contributed by atoms with van der Waals surface area (Å²) in [5.74, 6) is 0. The molecule has 0 atom stereocenters. The molecule has 2 aliphatic heterocycles. The standard InChI is InChI=1S/C6H13N.C5H11NO.C3H9N.C2H6.3CH4/c1-7-5-3-2-4-6-7;1-6-2-4-7-5-3-6;1-3(2)4;1-2;;;/h2-6H2,1H3;2-5H2,1H3;3H,4H2,1-2H3;1-2H3;3*1H4. The lowest BCUT2D eigenvalue weighted by Gasteiger charge is -2.21. The molecule has 2 N–H and O–H groups in total. The molecule has 4 heteroatoms. The van der Waals surface area contributed by atoms with Crippen LogP contribution in [0.1, 0.15) is 69.2 Å². The SMILES string of the molecule is C.C.C.CC.CC(C)N.CN1CCCCC1.CN1CCOCC1. The maximum Gasteiger partial charge on any atom is 0.0594 e. The first kappa shape index (κ1) is 34.2. The lowest BCUT2D eigenvalue weighted by atomic mass is 10.1. The Kier molecular flexibility index (Phi) is 39.8. The van der Waals surface area contributed by atoms with Crippen molar-refractivity contribution in [3.05, 3.63) is 0 Å². The Morgan fingerprint density at radius 1 is 0.739 bits per heavy atom.